The summed E-state index contributed by atoms with van der Waals surface area (Å²) in [6.45, 7) is 3.81. The smallest absolute Gasteiger partial charge is 0.257 e. The highest BCUT2D eigenvalue weighted by Crippen LogP contribution is 2.22. The Morgan fingerprint density at radius 2 is 1.55 bits per heavy atom. The predicted molar refractivity (Wildman–Crippen MR) is 88.8 cm³/mol. The van der Waals surface area contributed by atoms with Gasteiger partial charge in [0.05, 0.1) is 17.5 Å². The van der Waals surface area contributed by atoms with Crippen LogP contribution in [-0.4, -0.2) is 20.6 Å². The third-order valence-electron chi connectivity index (χ3n) is 3.19. The number of para-hydroxylation sites is 2. The van der Waals surface area contributed by atoms with Crippen LogP contribution in [0.25, 0.3) is 0 Å². The number of rotatable bonds is 4. The molecule has 1 amide bonds. The van der Waals surface area contributed by atoms with Gasteiger partial charge in [0.1, 0.15) is 0 Å². The van der Waals surface area contributed by atoms with Crippen molar-refractivity contribution in [2.24, 2.45) is 0 Å². The fourth-order valence-electron chi connectivity index (χ4n) is 2.16. The highest BCUT2D eigenvalue weighted by Gasteiger charge is 2.15. The molecule has 2 N–H and O–H groups in total. The summed E-state index contributed by atoms with van der Waals surface area (Å²) >= 11 is 0. The normalized spacial score (nSPS) is 11.0. The topological polar surface area (TPSA) is 75.3 Å². The second kappa shape index (κ2) is 6.19. The van der Waals surface area contributed by atoms with Crippen LogP contribution in [-0.2, 0) is 10.0 Å². The van der Waals surface area contributed by atoms with E-state index in [0.717, 1.165) is 23.1 Å². The molecule has 0 aliphatic rings. The average molecular weight is 318 g/mol. The molecule has 0 heterocycles. The van der Waals surface area contributed by atoms with Crippen molar-refractivity contribution in [3.05, 3.63) is 59.2 Å². The summed E-state index contributed by atoms with van der Waals surface area (Å²) < 4.78 is 25.2. The highest BCUT2D eigenvalue weighted by molar-refractivity contribution is 7.92. The summed E-state index contributed by atoms with van der Waals surface area (Å²) in [5, 5.41) is 2.85. The molecule has 0 bridgehead atoms. The molecule has 0 aliphatic heterocycles. The first kappa shape index (κ1) is 16.0. The van der Waals surface area contributed by atoms with Crippen molar-refractivity contribution in [3.63, 3.8) is 0 Å². The number of hydrogen-bond acceptors (Lipinski definition) is 3. The first-order valence-corrected chi connectivity index (χ1v) is 8.61. The molecule has 22 heavy (non-hydrogen) atoms. The Labute approximate surface area is 130 Å². The van der Waals surface area contributed by atoms with Gasteiger partial charge in [0.25, 0.3) is 5.91 Å². The number of hydrogen-bond donors (Lipinski definition) is 2. The number of sulfonamides is 1. The lowest BCUT2D eigenvalue weighted by Gasteiger charge is -2.14. The van der Waals surface area contributed by atoms with Crippen LogP contribution in [0.4, 0.5) is 11.4 Å². The van der Waals surface area contributed by atoms with Gasteiger partial charge in [-0.25, -0.2) is 8.42 Å². The molecular weight excluding hydrogens is 300 g/mol. The van der Waals surface area contributed by atoms with E-state index < -0.39 is 10.0 Å². The van der Waals surface area contributed by atoms with Crippen LogP contribution >= 0.6 is 0 Å². The SMILES string of the molecule is Cc1cccc(C)c1NC(=O)c1ccccc1NS(C)(=O)=O. The van der Waals surface area contributed by atoms with Crippen LogP contribution in [0.2, 0.25) is 0 Å². The predicted octanol–water partition coefficient (Wildman–Crippen LogP) is 2.93. The average Bonchev–Trinajstić information content (AvgIpc) is 2.41. The molecule has 0 fully saturated rings. The lowest BCUT2D eigenvalue weighted by Crippen LogP contribution is -2.18. The molecule has 0 saturated carbocycles. The van der Waals surface area contributed by atoms with Crippen molar-refractivity contribution in [2.45, 2.75) is 13.8 Å². The van der Waals surface area contributed by atoms with Crippen molar-refractivity contribution >= 4 is 27.3 Å². The molecule has 2 aromatic rings. The monoisotopic (exact) mass is 318 g/mol. The third kappa shape index (κ3) is 3.85. The van der Waals surface area contributed by atoms with Crippen molar-refractivity contribution in [3.8, 4) is 0 Å². The van der Waals surface area contributed by atoms with Gasteiger partial charge in [-0.1, -0.05) is 30.3 Å². The zero-order chi connectivity index (χ0) is 16.3. The molecule has 116 valence electrons. The van der Waals surface area contributed by atoms with E-state index in [1.165, 1.54) is 0 Å². The summed E-state index contributed by atoms with van der Waals surface area (Å²) in [6, 6.07) is 12.2. The number of carbonyl (C=O) groups excluding carboxylic acids is 1. The molecule has 0 saturated heterocycles. The van der Waals surface area contributed by atoms with Crippen LogP contribution < -0.4 is 10.0 Å². The van der Waals surface area contributed by atoms with Crippen molar-refractivity contribution in [2.75, 3.05) is 16.3 Å². The zero-order valence-electron chi connectivity index (χ0n) is 12.7. The maximum absolute atomic E-state index is 12.5. The van der Waals surface area contributed by atoms with E-state index in [0.29, 0.717) is 0 Å². The summed E-state index contributed by atoms with van der Waals surface area (Å²) in [4.78, 5) is 12.5. The van der Waals surface area contributed by atoms with Crippen molar-refractivity contribution < 1.29 is 13.2 Å². The molecule has 0 atom stereocenters. The molecule has 0 unspecified atom stereocenters. The summed E-state index contributed by atoms with van der Waals surface area (Å²) in [5.41, 5.74) is 3.16. The van der Waals surface area contributed by atoms with E-state index >= 15 is 0 Å². The van der Waals surface area contributed by atoms with Gasteiger partial charge in [-0.05, 0) is 37.1 Å². The fraction of sp³-hybridized carbons (Fsp3) is 0.188. The summed E-state index contributed by atoms with van der Waals surface area (Å²) in [6.07, 6.45) is 1.05. The van der Waals surface area contributed by atoms with Crippen LogP contribution in [0.15, 0.2) is 42.5 Å². The van der Waals surface area contributed by atoms with Gasteiger partial charge in [0.2, 0.25) is 10.0 Å². The molecule has 5 nitrogen and oxygen atoms in total. The summed E-state index contributed by atoms with van der Waals surface area (Å²) in [5.74, 6) is -0.357. The molecule has 0 radical (unpaired) electrons. The Hall–Kier alpha value is -2.34. The maximum Gasteiger partial charge on any atom is 0.257 e. The van der Waals surface area contributed by atoms with Gasteiger partial charge < -0.3 is 5.32 Å². The van der Waals surface area contributed by atoms with Gasteiger partial charge in [-0.3, -0.25) is 9.52 Å². The van der Waals surface area contributed by atoms with Gasteiger partial charge in [-0.2, -0.15) is 0 Å². The second-order valence-corrected chi connectivity index (χ2v) is 6.89. The fourth-order valence-corrected chi connectivity index (χ4v) is 2.74. The lowest BCUT2D eigenvalue weighted by molar-refractivity contribution is 0.102. The number of nitrogens with one attached hydrogen (secondary N) is 2. The van der Waals surface area contributed by atoms with Crippen LogP contribution in [0, 0.1) is 13.8 Å². The molecule has 2 rings (SSSR count). The third-order valence-corrected chi connectivity index (χ3v) is 3.78. The molecular formula is C16H18N2O3S. The van der Waals surface area contributed by atoms with E-state index in [2.05, 4.69) is 10.0 Å². The number of aryl methyl sites for hydroxylation is 2. The number of carbonyl (C=O) groups is 1. The van der Waals surface area contributed by atoms with Gasteiger partial charge in [0.15, 0.2) is 0 Å². The van der Waals surface area contributed by atoms with Crippen molar-refractivity contribution in [1.29, 1.82) is 0 Å². The van der Waals surface area contributed by atoms with E-state index in [1.54, 1.807) is 24.3 Å². The quantitative estimate of drug-likeness (QED) is 0.910. The van der Waals surface area contributed by atoms with Gasteiger partial charge in [-0.15, -0.1) is 0 Å². The van der Waals surface area contributed by atoms with E-state index in [9.17, 15) is 13.2 Å². The lowest BCUT2D eigenvalue weighted by atomic mass is 10.1. The Balaban J connectivity index is 2.35. The van der Waals surface area contributed by atoms with Crippen LogP contribution in [0.1, 0.15) is 21.5 Å². The Morgan fingerprint density at radius 3 is 2.14 bits per heavy atom. The zero-order valence-corrected chi connectivity index (χ0v) is 13.5. The Bertz CT molecular complexity index is 794. The van der Waals surface area contributed by atoms with Gasteiger partial charge in [0, 0.05) is 5.69 Å². The first-order chi connectivity index (χ1) is 10.3. The minimum Gasteiger partial charge on any atom is -0.321 e. The number of anilines is 2. The van der Waals surface area contributed by atoms with Crippen molar-refractivity contribution in [1.82, 2.24) is 0 Å². The highest BCUT2D eigenvalue weighted by atomic mass is 32.2. The van der Waals surface area contributed by atoms with E-state index in [4.69, 9.17) is 0 Å². The molecule has 6 heteroatoms. The minimum atomic E-state index is -3.45. The number of amides is 1. The standard InChI is InChI=1S/C16H18N2O3S/c1-11-7-6-8-12(2)15(11)17-16(19)13-9-4-5-10-14(13)18-22(3,20)21/h4-10,18H,1-3H3,(H,17,19). The number of benzene rings is 2. The van der Waals surface area contributed by atoms with Crippen LogP contribution in [0.5, 0.6) is 0 Å². The maximum atomic E-state index is 12.5. The molecule has 0 aromatic heterocycles. The second-order valence-electron chi connectivity index (χ2n) is 5.14. The van der Waals surface area contributed by atoms with E-state index in [-0.39, 0.29) is 17.2 Å². The molecule has 0 spiro atoms. The Morgan fingerprint density at radius 1 is 0.955 bits per heavy atom. The Kier molecular flexibility index (Phi) is 4.51. The molecule has 0 aliphatic carbocycles. The van der Waals surface area contributed by atoms with Crippen LogP contribution in [0.3, 0.4) is 0 Å². The summed E-state index contributed by atoms with van der Waals surface area (Å²) in [7, 11) is -3.45. The molecule has 2 aromatic carbocycles. The minimum absolute atomic E-state index is 0.258. The largest absolute Gasteiger partial charge is 0.321 e. The van der Waals surface area contributed by atoms with Gasteiger partial charge >= 0.3 is 0 Å². The first-order valence-electron chi connectivity index (χ1n) is 6.72. The van der Waals surface area contributed by atoms with E-state index in [1.807, 2.05) is 32.0 Å².